The van der Waals surface area contributed by atoms with Crippen molar-refractivity contribution in [2.45, 2.75) is 45.1 Å². The highest BCUT2D eigenvalue weighted by molar-refractivity contribution is 5.94. The number of hydrogen-bond acceptors (Lipinski definition) is 5. The third kappa shape index (κ3) is 5.05. The number of aryl methyl sites for hydroxylation is 1. The Morgan fingerprint density at radius 3 is 2.16 bits per heavy atom. The van der Waals surface area contributed by atoms with E-state index in [0.717, 1.165) is 40.7 Å². The zero-order valence-corrected chi connectivity index (χ0v) is 21.8. The molecule has 1 atom stereocenters. The third-order valence-electron chi connectivity index (χ3n) is 7.08. The molecule has 0 aliphatic heterocycles. The SMILES string of the molecule is CCOC(=O)C1(c2ccc(-c3ccc(-c4onc(C)c4NC(=O)N[C@H](C)c4ccccc4)cc3)cc2)CC1. The maximum atomic E-state index is 12.7. The van der Waals surface area contributed by atoms with Crippen LogP contribution in [0.25, 0.3) is 22.5 Å². The van der Waals surface area contributed by atoms with Gasteiger partial charge in [0.25, 0.3) is 0 Å². The van der Waals surface area contributed by atoms with Crippen LogP contribution in [0, 0.1) is 6.92 Å². The van der Waals surface area contributed by atoms with Crippen molar-refractivity contribution in [1.82, 2.24) is 10.5 Å². The standard InChI is InChI=1S/C31H31N3O4/c1-4-37-29(35)31(18-19-31)26-16-14-24(15-17-26)23-10-12-25(13-11-23)28-27(21(3)34-38-28)33-30(36)32-20(2)22-8-6-5-7-9-22/h5-17,20H,4,18-19H2,1-3H3,(H2,32,33,36)/t20-/m1/s1. The summed E-state index contributed by atoms with van der Waals surface area (Å²) in [4.78, 5) is 25.1. The topological polar surface area (TPSA) is 93.5 Å². The summed E-state index contributed by atoms with van der Waals surface area (Å²) < 4.78 is 10.9. The molecule has 3 aromatic carbocycles. The Morgan fingerprint density at radius 1 is 0.947 bits per heavy atom. The number of ether oxygens (including phenoxy) is 1. The maximum Gasteiger partial charge on any atom is 0.319 e. The van der Waals surface area contributed by atoms with E-state index >= 15 is 0 Å². The fraction of sp³-hybridized carbons (Fsp3) is 0.258. The molecule has 0 radical (unpaired) electrons. The lowest BCUT2D eigenvalue weighted by Crippen LogP contribution is -2.31. The Morgan fingerprint density at radius 2 is 1.55 bits per heavy atom. The first-order valence-corrected chi connectivity index (χ1v) is 12.9. The summed E-state index contributed by atoms with van der Waals surface area (Å²) in [5.41, 5.74) is 5.55. The van der Waals surface area contributed by atoms with Crippen LogP contribution in [0.3, 0.4) is 0 Å². The normalized spacial score (nSPS) is 14.4. The first kappa shape index (κ1) is 25.3. The van der Waals surface area contributed by atoms with Gasteiger partial charge in [-0.2, -0.15) is 0 Å². The number of nitrogens with one attached hydrogen (secondary N) is 2. The fourth-order valence-corrected chi connectivity index (χ4v) is 4.69. The minimum absolute atomic E-state index is 0.132. The highest BCUT2D eigenvalue weighted by Gasteiger charge is 2.52. The van der Waals surface area contributed by atoms with Crippen molar-refractivity contribution >= 4 is 17.7 Å². The lowest BCUT2D eigenvalue weighted by Gasteiger charge is -2.15. The predicted molar refractivity (Wildman–Crippen MR) is 147 cm³/mol. The zero-order chi connectivity index (χ0) is 26.7. The minimum Gasteiger partial charge on any atom is -0.465 e. The molecule has 1 aromatic heterocycles. The number of aromatic nitrogens is 1. The molecule has 1 aliphatic rings. The number of anilines is 1. The molecule has 0 bridgehead atoms. The van der Waals surface area contributed by atoms with Crippen molar-refractivity contribution in [3.63, 3.8) is 0 Å². The van der Waals surface area contributed by atoms with Gasteiger partial charge in [0.15, 0.2) is 5.76 Å². The lowest BCUT2D eigenvalue weighted by molar-refractivity contribution is -0.146. The summed E-state index contributed by atoms with van der Waals surface area (Å²) in [5, 5.41) is 9.94. The molecule has 7 nitrogen and oxygen atoms in total. The molecule has 38 heavy (non-hydrogen) atoms. The van der Waals surface area contributed by atoms with Crippen molar-refractivity contribution in [3.05, 3.63) is 95.7 Å². The van der Waals surface area contributed by atoms with Gasteiger partial charge < -0.3 is 19.9 Å². The summed E-state index contributed by atoms with van der Waals surface area (Å²) >= 11 is 0. The van der Waals surface area contributed by atoms with E-state index in [2.05, 4.69) is 15.8 Å². The van der Waals surface area contributed by atoms with Crippen LogP contribution in [0.4, 0.5) is 10.5 Å². The predicted octanol–water partition coefficient (Wildman–Crippen LogP) is 6.79. The average molecular weight is 510 g/mol. The van der Waals surface area contributed by atoms with Crippen LogP contribution in [0.1, 0.15) is 49.6 Å². The van der Waals surface area contributed by atoms with Crippen LogP contribution in [0.2, 0.25) is 0 Å². The van der Waals surface area contributed by atoms with E-state index in [1.807, 2.05) is 92.7 Å². The molecule has 4 aromatic rings. The highest BCUT2D eigenvalue weighted by atomic mass is 16.5. The van der Waals surface area contributed by atoms with Crippen molar-refractivity contribution in [2.24, 2.45) is 0 Å². The Bertz CT molecular complexity index is 1420. The lowest BCUT2D eigenvalue weighted by atomic mass is 9.93. The van der Waals surface area contributed by atoms with Crippen molar-refractivity contribution in [3.8, 4) is 22.5 Å². The average Bonchev–Trinajstić information content (AvgIpc) is 3.68. The molecule has 7 heteroatoms. The summed E-state index contributed by atoms with van der Waals surface area (Å²) in [6, 6.07) is 25.3. The molecule has 1 heterocycles. The highest BCUT2D eigenvalue weighted by Crippen LogP contribution is 2.49. The smallest absolute Gasteiger partial charge is 0.319 e. The van der Waals surface area contributed by atoms with Crippen LogP contribution in [-0.2, 0) is 14.9 Å². The summed E-state index contributed by atoms with van der Waals surface area (Å²) in [6.07, 6.45) is 1.66. The second-order valence-corrected chi connectivity index (χ2v) is 9.66. The van der Waals surface area contributed by atoms with Crippen LogP contribution in [-0.4, -0.2) is 23.8 Å². The van der Waals surface area contributed by atoms with Gasteiger partial charge in [-0.1, -0.05) is 84.0 Å². The number of hydrogen-bond donors (Lipinski definition) is 2. The van der Waals surface area contributed by atoms with Crippen molar-refractivity contribution < 1.29 is 18.8 Å². The van der Waals surface area contributed by atoms with E-state index < -0.39 is 5.41 Å². The number of rotatable bonds is 8. The van der Waals surface area contributed by atoms with Crippen LogP contribution in [0.15, 0.2) is 83.4 Å². The van der Waals surface area contributed by atoms with Gasteiger partial charge in [-0.05, 0) is 55.9 Å². The molecule has 1 aliphatic carbocycles. The molecular weight excluding hydrogens is 478 g/mol. The van der Waals surface area contributed by atoms with Crippen molar-refractivity contribution in [2.75, 3.05) is 11.9 Å². The molecule has 194 valence electrons. The van der Waals surface area contributed by atoms with Gasteiger partial charge in [0, 0.05) is 5.56 Å². The van der Waals surface area contributed by atoms with E-state index in [1.165, 1.54) is 0 Å². The number of carbonyl (C=O) groups is 2. The van der Waals surface area contributed by atoms with E-state index in [4.69, 9.17) is 9.26 Å². The van der Waals surface area contributed by atoms with Gasteiger partial charge in [-0.25, -0.2) is 4.79 Å². The van der Waals surface area contributed by atoms with E-state index in [9.17, 15) is 9.59 Å². The summed E-state index contributed by atoms with van der Waals surface area (Å²) in [5.74, 6) is 0.365. The van der Waals surface area contributed by atoms with E-state index in [-0.39, 0.29) is 18.0 Å². The zero-order valence-electron chi connectivity index (χ0n) is 21.8. The molecule has 1 saturated carbocycles. The number of nitrogens with zero attached hydrogens (tertiary/aromatic N) is 1. The molecule has 5 rings (SSSR count). The second-order valence-electron chi connectivity index (χ2n) is 9.66. The van der Waals surface area contributed by atoms with Crippen LogP contribution in [0.5, 0.6) is 0 Å². The first-order valence-electron chi connectivity index (χ1n) is 12.9. The Kier molecular flexibility index (Phi) is 7.01. The second kappa shape index (κ2) is 10.5. The van der Waals surface area contributed by atoms with Gasteiger partial charge in [0.05, 0.1) is 18.1 Å². The van der Waals surface area contributed by atoms with Gasteiger partial charge in [0.2, 0.25) is 0 Å². The van der Waals surface area contributed by atoms with E-state index in [0.29, 0.717) is 23.7 Å². The summed E-state index contributed by atoms with van der Waals surface area (Å²) in [6.45, 7) is 5.95. The van der Waals surface area contributed by atoms with Gasteiger partial charge in [0.1, 0.15) is 11.4 Å². The molecule has 1 fully saturated rings. The number of urea groups is 1. The molecule has 0 spiro atoms. The number of amides is 2. The fourth-order valence-electron chi connectivity index (χ4n) is 4.69. The molecular formula is C31H31N3O4. The molecule has 0 saturated heterocycles. The molecule has 0 unspecified atom stereocenters. The Balaban J connectivity index is 1.29. The van der Waals surface area contributed by atoms with E-state index in [1.54, 1.807) is 6.92 Å². The Labute approximate surface area is 222 Å². The monoisotopic (exact) mass is 509 g/mol. The molecule has 2 amide bonds. The number of benzene rings is 3. The molecule has 2 N–H and O–H groups in total. The van der Waals surface area contributed by atoms with Crippen LogP contribution >= 0.6 is 0 Å². The minimum atomic E-state index is -0.475. The maximum absolute atomic E-state index is 12.7. The number of carbonyl (C=O) groups excluding carboxylic acids is 2. The van der Waals surface area contributed by atoms with Crippen LogP contribution < -0.4 is 10.6 Å². The quantitative estimate of drug-likeness (QED) is 0.255. The van der Waals surface area contributed by atoms with Gasteiger partial charge >= 0.3 is 12.0 Å². The Hall–Kier alpha value is -4.39. The first-order chi connectivity index (χ1) is 18.4. The largest absolute Gasteiger partial charge is 0.465 e. The van der Waals surface area contributed by atoms with Crippen molar-refractivity contribution in [1.29, 1.82) is 0 Å². The van der Waals surface area contributed by atoms with Gasteiger partial charge in [-0.15, -0.1) is 0 Å². The number of esters is 1. The summed E-state index contributed by atoms with van der Waals surface area (Å²) in [7, 11) is 0. The third-order valence-corrected chi connectivity index (χ3v) is 7.08. The van der Waals surface area contributed by atoms with Gasteiger partial charge in [-0.3, -0.25) is 4.79 Å².